The van der Waals surface area contributed by atoms with Gasteiger partial charge in [-0.3, -0.25) is 9.69 Å². The molecule has 4 heterocycles. The van der Waals surface area contributed by atoms with Crippen LogP contribution in [-0.4, -0.2) is 119 Å². The molecule has 0 spiro atoms. The molecule has 1 aliphatic carbocycles. The zero-order valence-electron chi connectivity index (χ0n) is 30.8. The lowest BCUT2D eigenvalue weighted by Gasteiger charge is -2.24. The quantitative estimate of drug-likeness (QED) is 0.0849. The number of imidazole rings is 1. The first-order valence-electron chi connectivity index (χ1n) is 18.9. The lowest BCUT2D eigenvalue weighted by molar-refractivity contribution is -0.131. The largest absolute Gasteiger partial charge is 0.508 e. The molecule has 57 heavy (non-hydrogen) atoms. The van der Waals surface area contributed by atoms with E-state index in [-0.39, 0.29) is 36.7 Å². The van der Waals surface area contributed by atoms with Gasteiger partial charge in [-0.15, -0.1) is 0 Å². The Morgan fingerprint density at radius 2 is 1.65 bits per heavy atom. The van der Waals surface area contributed by atoms with Crippen molar-refractivity contribution in [1.29, 1.82) is 0 Å². The lowest BCUT2D eigenvalue weighted by atomic mass is 9.91. The molecule has 0 bridgehead atoms. The molecule has 3 aliphatic rings. The molecule has 3 aromatic carbocycles. The van der Waals surface area contributed by atoms with Crippen LogP contribution in [0.1, 0.15) is 41.5 Å². The van der Waals surface area contributed by atoms with E-state index in [0.29, 0.717) is 49.0 Å². The zero-order valence-corrected chi connectivity index (χ0v) is 30.8. The van der Waals surface area contributed by atoms with E-state index in [0.717, 1.165) is 21.6 Å². The van der Waals surface area contributed by atoms with Gasteiger partial charge in [0.2, 0.25) is 5.95 Å². The Bertz CT molecular complexity index is 2200. The highest BCUT2D eigenvalue weighted by molar-refractivity contribution is 6.04. The number of hydrogen-bond donors (Lipinski definition) is 8. The minimum Gasteiger partial charge on any atom is -0.508 e. The number of benzene rings is 3. The summed E-state index contributed by atoms with van der Waals surface area (Å²) in [7, 11) is 0. The summed E-state index contributed by atoms with van der Waals surface area (Å²) in [4.78, 5) is 56.0. The number of nitrogens with zero attached hydrogens (tertiary/aromatic N) is 6. The Balaban J connectivity index is 1.08. The maximum Gasteiger partial charge on any atom is 0.325 e. The predicted octanol–water partition coefficient (Wildman–Crippen LogP) is 1.80. The van der Waals surface area contributed by atoms with Gasteiger partial charge in [0.05, 0.1) is 25.0 Å². The van der Waals surface area contributed by atoms with Crippen LogP contribution in [0.4, 0.5) is 21.4 Å². The molecule has 5 aromatic rings. The molecular weight excluding hydrogens is 733 g/mol. The van der Waals surface area contributed by atoms with Crippen LogP contribution in [-0.2, 0) is 11.3 Å². The van der Waals surface area contributed by atoms with Crippen LogP contribution in [0, 0.1) is 0 Å². The van der Waals surface area contributed by atoms with Crippen molar-refractivity contribution < 1.29 is 34.8 Å². The van der Waals surface area contributed by atoms with Crippen LogP contribution in [0.15, 0.2) is 91.3 Å². The van der Waals surface area contributed by atoms with Crippen LogP contribution >= 0.6 is 0 Å². The smallest absolute Gasteiger partial charge is 0.325 e. The summed E-state index contributed by atoms with van der Waals surface area (Å²) in [6.45, 7) is 1.02. The van der Waals surface area contributed by atoms with E-state index in [4.69, 9.17) is 9.97 Å². The van der Waals surface area contributed by atoms with Crippen molar-refractivity contribution in [3.8, 4) is 5.75 Å². The van der Waals surface area contributed by atoms with Gasteiger partial charge in [0, 0.05) is 38.1 Å². The average molecular weight is 777 g/mol. The molecule has 8 rings (SSSR count). The molecule has 5 amide bonds. The molecule has 2 unspecified atom stereocenters. The first-order chi connectivity index (χ1) is 27.7. The van der Waals surface area contributed by atoms with Crippen LogP contribution < -0.4 is 26.2 Å². The summed E-state index contributed by atoms with van der Waals surface area (Å²) in [5, 5.41) is 53.8. The Kier molecular flexibility index (Phi) is 10.6. The molecule has 8 N–H and O–H groups in total. The summed E-state index contributed by atoms with van der Waals surface area (Å²) >= 11 is 0. The molecule has 3 fully saturated rings. The molecule has 6 atom stereocenters. The number of nitrogens with one attached hydrogen (secondary N) is 4. The number of aromatic hydroxyl groups is 1. The van der Waals surface area contributed by atoms with Gasteiger partial charge in [-0.2, -0.15) is 9.97 Å². The standard InChI is InChI=1S/C40H44N10O7/c51-21-29-37(55)50(40(57)45-29)31-17-30(33(53)34(31)54)49-22-43-32-35(41-19-28(24-9-3-1-4-10-24)25-11-5-2-6-12-25)46-38(47-36(32)49)48-15-14-26(20-48)44-39(56)42-18-23-8-7-13-27(52)16-23/h1-13,16,22,26,28-31,33-34,51-54H,14-15,17-21H2,(H,45,57)(H,41,46,47)(H2,42,44,56)/t26?,29?,30-,31+,33+,34-/m1/s1. The van der Waals surface area contributed by atoms with Crippen LogP contribution in [0.25, 0.3) is 11.2 Å². The number of imide groups is 1. The Hall–Kier alpha value is -6.30. The molecule has 0 radical (unpaired) electrons. The second-order valence-electron chi connectivity index (χ2n) is 14.6. The molecule has 17 heteroatoms. The van der Waals surface area contributed by atoms with E-state index in [1.807, 2.05) is 47.4 Å². The van der Waals surface area contributed by atoms with Crippen LogP contribution in [0.3, 0.4) is 0 Å². The maximum absolute atomic E-state index is 13.0. The SMILES string of the molecule is O=C(NCc1cccc(O)c1)NC1CCN(c2nc(NCC(c3ccccc3)c3ccccc3)c3ncn([C@@H]4C[C@H](N5C(=O)NC(CO)C5=O)[C@@H](O)[C@H]4O)c3n2)C1. The molecule has 2 saturated heterocycles. The fourth-order valence-electron chi connectivity index (χ4n) is 8.06. The third-order valence-corrected chi connectivity index (χ3v) is 11.0. The average Bonchev–Trinajstić information content (AvgIpc) is 4.00. The number of phenols is 1. The Morgan fingerprint density at radius 1 is 0.930 bits per heavy atom. The number of fused-ring (bicyclic) bond motifs is 1. The normalized spacial score (nSPS) is 23.4. The van der Waals surface area contributed by atoms with E-state index < -0.39 is 48.9 Å². The number of carbonyl (C=O) groups excluding carboxylic acids is 3. The van der Waals surface area contributed by atoms with Crippen molar-refractivity contribution >= 4 is 40.9 Å². The van der Waals surface area contributed by atoms with Crippen molar-refractivity contribution in [2.24, 2.45) is 0 Å². The Morgan fingerprint density at radius 3 is 2.33 bits per heavy atom. The highest BCUT2D eigenvalue weighted by Gasteiger charge is 2.52. The van der Waals surface area contributed by atoms with Gasteiger partial charge >= 0.3 is 12.1 Å². The number of anilines is 2. The molecule has 1 saturated carbocycles. The molecule has 296 valence electrons. The van der Waals surface area contributed by atoms with Crippen LogP contribution in [0.2, 0.25) is 0 Å². The molecule has 2 aromatic heterocycles. The summed E-state index contributed by atoms with van der Waals surface area (Å²) < 4.78 is 1.65. The summed E-state index contributed by atoms with van der Waals surface area (Å²) in [5.41, 5.74) is 3.73. The number of aromatic nitrogens is 4. The van der Waals surface area contributed by atoms with Crippen LogP contribution in [0.5, 0.6) is 5.75 Å². The van der Waals surface area contributed by atoms with Crippen molar-refractivity contribution in [3.63, 3.8) is 0 Å². The molecule has 17 nitrogen and oxygen atoms in total. The second-order valence-corrected chi connectivity index (χ2v) is 14.6. The second kappa shape index (κ2) is 16.0. The number of urea groups is 2. The minimum atomic E-state index is -1.47. The zero-order chi connectivity index (χ0) is 39.6. The van der Waals surface area contributed by atoms with Gasteiger partial charge in [0.25, 0.3) is 5.91 Å². The number of carbonyl (C=O) groups is 3. The molecule has 2 aliphatic heterocycles. The van der Waals surface area contributed by atoms with Crippen molar-refractivity contribution in [2.75, 3.05) is 36.5 Å². The van der Waals surface area contributed by atoms with E-state index in [2.05, 4.69) is 50.5 Å². The van der Waals surface area contributed by atoms with Gasteiger partial charge < -0.3 is 51.2 Å². The van der Waals surface area contributed by atoms with Crippen molar-refractivity contribution in [3.05, 3.63) is 108 Å². The fraction of sp³-hybridized carbons (Fsp3) is 0.350. The number of phenolic OH excluding ortho intramolecular Hbond substituents is 1. The topological polar surface area (TPSA) is 230 Å². The lowest BCUT2D eigenvalue weighted by Crippen LogP contribution is -2.47. The third kappa shape index (κ3) is 7.64. The van der Waals surface area contributed by atoms with E-state index in [1.165, 1.54) is 6.33 Å². The maximum atomic E-state index is 13.0. The number of aliphatic hydroxyl groups excluding tert-OH is 3. The van der Waals surface area contributed by atoms with E-state index in [1.54, 1.807) is 22.8 Å². The number of rotatable bonds is 12. The summed E-state index contributed by atoms with van der Waals surface area (Å²) in [5.74, 6) is 0.184. The fourth-order valence-corrected chi connectivity index (χ4v) is 8.06. The first kappa shape index (κ1) is 37.6. The summed E-state index contributed by atoms with van der Waals surface area (Å²) in [6.07, 6.45) is -0.736. The number of amides is 5. The van der Waals surface area contributed by atoms with Gasteiger partial charge in [-0.05, 0) is 41.7 Å². The third-order valence-electron chi connectivity index (χ3n) is 11.0. The van der Waals surface area contributed by atoms with E-state index >= 15 is 0 Å². The van der Waals surface area contributed by atoms with Gasteiger partial charge in [0.15, 0.2) is 17.0 Å². The van der Waals surface area contributed by atoms with Gasteiger partial charge in [-0.1, -0.05) is 72.8 Å². The van der Waals surface area contributed by atoms with Gasteiger partial charge in [0.1, 0.15) is 24.0 Å². The van der Waals surface area contributed by atoms with Crippen molar-refractivity contribution in [2.45, 2.75) is 61.7 Å². The van der Waals surface area contributed by atoms with Gasteiger partial charge in [-0.25, -0.2) is 14.6 Å². The highest BCUT2D eigenvalue weighted by Crippen LogP contribution is 2.38. The number of hydrogen-bond acceptors (Lipinski definition) is 12. The minimum absolute atomic E-state index is 0.00467. The Labute approximate surface area is 327 Å². The monoisotopic (exact) mass is 776 g/mol. The predicted molar refractivity (Wildman–Crippen MR) is 208 cm³/mol. The first-order valence-corrected chi connectivity index (χ1v) is 18.9. The highest BCUT2D eigenvalue weighted by atomic mass is 16.3. The van der Waals surface area contributed by atoms with Crippen molar-refractivity contribution in [1.82, 2.24) is 40.4 Å². The number of aliphatic hydroxyl groups is 3. The van der Waals surface area contributed by atoms with E-state index in [9.17, 15) is 34.8 Å². The molecular formula is C40H44N10O7. The summed E-state index contributed by atoms with van der Waals surface area (Å²) in [6, 6.07) is 22.5.